The number of aromatic carboxylic acids is 1. The number of primary amides is 2. The molecular weight excluding hydrogens is 280 g/mol. The molecule has 1 aromatic carbocycles. The van der Waals surface area contributed by atoms with Crippen molar-refractivity contribution >= 4 is 18.2 Å². The van der Waals surface area contributed by atoms with Crippen LogP contribution in [0.1, 0.15) is 24.2 Å². The van der Waals surface area contributed by atoms with Gasteiger partial charge in [0.05, 0.1) is 18.8 Å². The molecule has 8 heteroatoms. The fraction of sp³-hybridized carbons (Fsp3) is 0.308. The minimum absolute atomic E-state index is 0.331. The number of carboxylic acid groups (broad SMARTS) is 1. The quantitative estimate of drug-likeness (QED) is 0.773. The minimum Gasteiger partial charge on any atom is -0.478 e. The van der Waals surface area contributed by atoms with Gasteiger partial charge in [0.2, 0.25) is 0 Å². The van der Waals surface area contributed by atoms with Crippen LogP contribution in [0.2, 0.25) is 0 Å². The maximum absolute atomic E-state index is 10.2. The Labute approximate surface area is 122 Å². The van der Waals surface area contributed by atoms with Gasteiger partial charge in [-0.1, -0.05) is 18.2 Å². The van der Waals surface area contributed by atoms with Crippen LogP contribution in [0.15, 0.2) is 30.3 Å². The molecule has 0 heterocycles. The molecule has 0 bridgehead atoms. The molecule has 1 rings (SSSR count). The molecule has 2 amide bonds. The summed E-state index contributed by atoms with van der Waals surface area (Å²) in [6, 6.07) is 8.30. The van der Waals surface area contributed by atoms with Crippen LogP contribution in [0.25, 0.3) is 0 Å². The maximum Gasteiger partial charge on any atom is 0.404 e. The topological polar surface area (TPSA) is 142 Å². The molecule has 1 aromatic rings. The van der Waals surface area contributed by atoms with E-state index in [0.29, 0.717) is 18.8 Å². The van der Waals surface area contributed by atoms with Crippen molar-refractivity contribution in [1.29, 1.82) is 0 Å². The van der Waals surface area contributed by atoms with E-state index in [-0.39, 0.29) is 0 Å². The van der Waals surface area contributed by atoms with Crippen molar-refractivity contribution in [2.24, 2.45) is 11.5 Å². The summed E-state index contributed by atoms with van der Waals surface area (Å²) in [7, 11) is 0. The number of rotatable bonds is 3. The summed E-state index contributed by atoms with van der Waals surface area (Å²) in [5, 5.41) is 8.38. The van der Waals surface area contributed by atoms with Gasteiger partial charge in [-0.3, -0.25) is 0 Å². The summed E-state index contributed by atoms with van der Waals surface area (Å²) in [5.74, 6) is -0.879. The van der Waals surface area contributed by atoms with Crippen LogP contribution in [-0.2, 0) is 9.47 Å². The highest BCUT2D eigenvalue weighted by Gasteiger charge is 1.96. The standard InChI is InChI=1S/C7H6O2.2C3H7NO2/c8-7(9)6-4-2-1-3-5-6;2*1-2-6-3(4)5/h1-5H,(H,8,9);2*2H2,1H3,(H2,4,5). The first-order valence-electron chi connectivity index (χ1n) is 5.97. The summed E-state index contributed by atoms with van der Waals surface area (Å²) < 4.78 is 8.36. The summed E-state index contributed by atoms with van der Waals surface area (Å²) in [6.07, 6.45) is -1.42. The lowest BCUT2D eigenvalue weighted by Crippen LogP contribution is -2.11. The number of hydrogen-bond donors (Lipinski definition) is 3. The average molecular weight is 300 g/mol. The number of ether oxygens (including phenoxy) is 2. The highest BCUT2D eigenvalue weighted by Crippen LogP contribution is 1.96. The fourth-order valence-corrected chi connectivity index (χ4v) is 0.865. The van der Waals surface area contributed by atoms with Crippen molar-refractivity contribution in [3.63, 3.8) is 0 Å². The molecule has 0 aliphatic heterocycles. The van der Waals surface area contributed by atoms with Gasteiger partial charge in [-0.2, -0.15) is 0 Å². The van der Waals surface area contributed by atoms with Crippen molar-refractivity contribution in [3.8, 4) is 0 Å². The Hall–Kier alpha value is -2.77. The van der Waals surface area contributed by atoms with E-state index < -0.39 is 18.2 Å². The first-order chi connectivity index (χ1) is 9.84. The smallest absolute Gasteiger partial charge is 0.404 e. The van der Waals surface area contributed by atoms with Gasteiger partial charge in [0.1, 0.15) is 0 Å². The van der Waals surface area contributed by atoms with Gasteiger partial charge < -0.3 is 26.0 Å². The molecule has 5 N–H and O–H groups in total. The number of carbonyl (C=O) groups excluding carboxylic acids is 2. The summed E-state index contributed by atoms with van der Waals surface area (Å²) >= 11 is 0. The third-order valence-corrected chi connectivity index (χ3v) is 1.59. The normalized spacial score (nSPS) is 8.10. The number of carbonyl (C=O) groups is 3. The number of nitrogens with two attached hydrogens (primary N) is 2. The molecule has 0 aromatic heterocycles. The van der Waals surface area contributed by atoms with Crippen molar-refractivity contribution in [1.82, 2.24) is 0 Å². The molecule has 0 unspecified atom stereocenters. The van der Waals surface area contributed by atoms with E-state index in [9.17, 15) is 14.4 Å². The van der Waals surface area contributed by atoms with Gasteiger partial charge in [0.25, 0.3) is 0 Å². The minimum atomic E-state index is -0.879. The summed E-state index contributed by atoms with van der Waals surface area (Å²) in [6.45, 7) is 4.11. The van der Waals surface area contributed by atoms with Crippen molar-refractivity contribution in [3.05, 3.63) is 35.9 Å². The van der Waals surface area contributed by atoms with Crippen LogP contribution in [0.4, 0.5) is 9.59 Å². The summed E-state index contributed by atoms with van der Waals surface area (Å²) in [5.41, 5.74) is 9.41. The lowest BCUT2D eigenvalue weighted by atomic mass is 10.2. The Morgan fingerprint density at radius 2 is 1.33 bits per heavy atom. The molecular formula is C13H20N2O6. The van der Waals surface area contributed by atoms with Crippen LogP contribution >= 0.6 is 0 Å². The van der Waals surface area contributed by atoms with E-state index in [1.165, 1.54) is 0 Å². The molecule has 8 nitrogen and oxygen atoms in total. The zero-order valence-corrected chi connectivity index (χ0v) is 11.9. The number of carboxylic acids is 1. The molecule has 0 spiro atoms. The van der Waals surface area contributed by atoms with Gasteiger partial charge in [0, 0.05) is 0 Å². The molecule has 0 saturated heterocycles. The van der Waals surface area contributed by atoms with E-state index in [1.54, 1.807) is 44.2 Å². The average Bonchev–Trinajstić information content (AvgIpc) is 2.40. The highest BCUT2D eigenvalue weighted by atomic mass is 16.5. The van der Waals surface area contributed by atoms with Gasteiger partial charge in [-0.15, -0.1) is 0 Å². The van der Waals surface area contributed by atoms with Gasteiger partial charge >= 0.3 is 18.2 Å². The fourth-order valence-electron chi connectivity index (χ4n) is 0.865. The van der Waals surface area contributed by atoms with Crippen molar-refractivity contribution < 1.29 is 29.0 Å². The molecule has 0 aliphatic rings. The van der Waals surface area contributed by atoms with Crippen LogP contribution in [0.3, 0.4) is 0 Å². The van der Waals surface area contributed by atoms with E-state index in [2.05, 4.69) is 20.9 Å². The largest absolute Gasteiger partial charge is 0.478 e. The Bertz CT molecular complexity index is 406. The van der Waals surface area contributed by atoms with Crippen molar-refractivity contribution in [2.45, 2.75) is 13.8 Å². The van der Waals surface area contributed by atoms with E-state index in [1.807, 2.05) is 0 Å². The first kappa shape index (κ1) is 20.5. The van der Waals surface area contributed by atoms with Gasteiger partial charge in [0.15, 0.2) is 0 Å². The molecule has 0 aliphatic carbocycles. The van der Waals surface area contributed by atoms with Crippen LogP contribution in [0, 0.1) is 0 Å². The zero-order valence-electron chi connectivity index (χ0n) is 11.9. The van der Waals surface area contributed by atoms with Crippen LogP contribution < -0.4 is 11.5 Å². The van der Waals surface area contributed by atoms with Crippen LogP contribution in [0.5, 0.6) is 0 Å². The Balaban J connectivity index is 0. The highest BCUT2D eigenvalue weighted by molar-refractivity contribution is 5.87. The Morgan fingerprint density at radius 3 is 1.48 bits per heavy atom. The Morgan fingerprint density at radius 1 is 0.952 bits per heavy atom. The van der Waals surface area contributed by atoms with Crippen LogP contribution in [-0.4, -0.2) is 36.5 Å². The second kappa shape index (κ2) is 13.7. The molecule has 0 atom stereocenters. The zero-order chi connectivity index (χ0) is 16.7. The predicted molar refractivity (Wildman–Crippen MR) is 75.8 cm³/mol. The van der Waals surface area contributed by atoms with E-state index in [0.717, 1.165) is 0 Å². The SMILES string of the molecule is CCOC(N)=O.CCOC(N)=O.O=C(O)c1ccccc1. The second-order valence-electron chi connectivity index (χ2n) is 3.18. The van der Waals surface area contributed by atoms with Gasteiger partial charge in [-0.05, 0) is 26.0 Å². The lowest BCUT2D eigenvalue weighted by Gasteiger charge is -1.89. The predicted octanol–water partition coefficient (Wildman–Crippen LogP) is 1.59. The maximum atomic E-state index is 10.2. The summed E-state index contributed by atoms with van der Waals surface area (Å²) in [4.78, 5) is 29.4. The molecule has 118 valence electrons. The monoisotopic (exact) mass is 300 g/mol. The third-order valence-electron chi connectivity index (χ3n) is 1.59. The van der Waals surface area contributed by atoms with E-state index in [4.69, 9.17) is 5.11 Å². The molecule has 21 heavy (non-hydrogen) atoms. The van der Waals surface area contributed by atoms with Crippen molar-refractivity contribution in [2.75, 3.05) is 13.2 Å². The van der Waals surface area contributed by atoms with E-state index >= 15 is 0 Å². The lowest BCUT2D eigenvalue weighted by molar-refractivity contribution is 0.0696. The van der Waals surface area contributed by atoms with Gasteiger partial charge in [-0.25, -0.2) is 14.4 Å². The number of amides is 2. The Kier molecular flexibility index (Phi) is 13.4. The second-order valence-corrected chi connectivity index (χ2v) is 3.18. The number of benzene rings is 1. The first-order valence-corrected chi connectivity index (χ1v) is 5.97. The number of hydrogen-bond acceptors (Lipinski definition) is 5. The third kappa shape index (κ3) is 17.2. The molecule has 0 fully saturated rings. The molecule has 0 saturated carbocycles. The molecule has 0 radical (unpaired) electrons.